The van der Waals surface area contributed by atoms with Crippen LogP contribution in [0.25, 0.3) is 0 Å². The largest absolute Gasteiger partial charge is 0.329 e. The monoisotopic (exact) mass is 254 g/mol. The third-order valence-electron chi connectivity index (χ3n) is 4.94. The molecule has 0 aromatic carbocycles. The van der Waals surface area contributed by atoms with Crippen molar-refractivity contribution in [3.63, 3.8) is 0 Å². The maximum Gasteiger partial charge on any atom is 0.0331 e. The van der Waals surface area contributed by atoms with Crippen LogP contribution >= 0.6 is 0 Å². The Morgan fingerprint density at radius 1 is 1.06 bits per heavy atom. The molecule has 0 aromatic heterocycles. The van der Waals surface area contributed by atoms with Crippen LogP contribution in [-0.2, 0) is 0 Å². The average Bonchev–Trinajstić information content (AvgIpc) is 2.43. The minimum atomic E-state index is 0.330. The predicted octanol–water partition coefficient (Wildman–Crippen LogP) is 3.80. The molecule has 0 aliphatic heterocycles. The van der Waals surface area contributed by atoms with Gasteiger partial charge in [-0.1, -0.05) is 33.6 Å². The summed E-state index contributed by atoms with van der Waals surface area (Å²) in [5.41, 5.74) is 6.52. The van der Waals surface area contributed by atoms with E-state index < -0.39 is 0 Å². The lowest BCUT2D eigenvalue weighted by molar-refractivity contribution is 0.0402. The van der Waals surface area contributed by atoms with Gasteiger partial charge in [0.15, 0.2) is 0 Å². The first kappa shape index (κ1) is 16.0. The summed E-state index contributed by atoms with van der Waals surface area (Å²) in [5, 5.41) is 0. The Labute approximate surface area is 114 Å². The number of hydrogen-bond donors (Lipinski definition) is 1. The third-order valence-corrected chi connectivity index (χ3v) is 4.94. The molecule has 1 aliphatic rings. The van der Waals surface area contributed by atoms with E-state index in [1.807, 2.05) is 0 Å². The molecule has 108 valence electrons. The number of unbranched alkanes of at least 4 members (excludes halogenated alkanes) is 1. The second-order valence-electron chi connectivity index (χ2n) is 6.12. The van der Waals surface area contributed by atoms with E-state index in [0.29, 0.717) is 5.54 Å². The SMILES string of the molecule is CCCCN(CCC)C1(CN)CCC(CC)CC1. The fourth-order valence-electron chi connectivity index (χ4n) is 3.48. The van der Waals surface area contributed by atoms with Crippen LogP contribution < -0.4 is 5.73 Å². The van der Waals surface area contributed by atoms with Crippen LogP contribution in [0.2, 0.25) is 0 Å². The molecular weight excluding hydrogens is 220 g/mol. The predicted molar refractivity (Wildman–Crippen MR) is 80.8 cm³/mol. The van der Waals surface area contributed by atoms with E-state index in [-0.39, 0.29) is 0 Å². The molecule has 2 heteroatoms. The number of rotatable bonds is 8. The molecule has 1 saturated carbocycles. The van der Waals surface area contributed by atoms with Crippen LogP contribution in [-0.4, -0.2) is 30.1 Å². The Hall–Kier alpha value is -0.0800. The van der Waals surface area contributed by atoms with Gasteiger partial charge in [-0.3, -0.25) is 4.90 Å². The second-order valence-corrected chi connectivity index (χ2v) is 6.12. The molecule has 1 rings (SSSR count). The van der Waals surface area contributed by atoms with Gasteiger partial charge in [0.25, 0.3) is 0 Å². The molecule has 0 spiro atoms. The Morgan fingerprint density at radius 2 is 1.72 bits per heavy atom. The molecule has 18 heavy (non-hydrogen) atoms. The van der Waals surface area contributed by atoms with Gasteiger partial charge in [-0.15, -0.1) is 0 Å². The summed E-state index contributed by atoms with van der Waals surface area (Å²) >= 11 is 0. The fourth-order valence-corrected chi connectivity index (χ4v) is 3.48. The number of nitrogens with two attached hydrogens (primary N) is 1. The van der Waals surface area contributed by atoms with Crippen molar-refractivity contribution in [1.82, 2.24) is 4.90 Å². The molecule has 1 aliphatic carbocycles. The lowest BCUT2D eigenvalue weighted by Crippen LogP contribution is -2.56. The molecule has 0 bridgehead atoms. The van der Waals surface area contributed by atoms with Crippen LogP contribution in [0.4, 0.5) is 0 Å². The lowest BCUT2D eigenvalue weighted by atomic mass is 9.74. The molecule has 2 N–H and O–H groups in total. The summed E-state index contributed by atoms with van der Waals surface area (Å²) in [5.74, 6) is 0.958. The van der Waals surface area contributed by atoms with Crippen molar-refractivity contribution < 1.29 is 0 Å². The molecule has 1 fully saturated rings. The highest BCUT2D eigenvalue weighted by Gasteiger charge is 2.38. The first-order valence-electron chi connectivity index (χ1n) is 8.17. The van der Waals surface area contributed by atoms with Crippen molar-refractivity contribution >= 4 is 0 Å². The fraction of sp³-hybridized carbons (Fsp3) is 1.00. The molecule has 0 saturated heterocycles. The van der Waals surface area contributed by atoms with Crippen molar-refractivity contribution in [2.24, 2.45) is 11.7 Å². The van der Waals surface area contributed by atoms with Gasteiger partial charge in [0, 0.05) is 12.1 Å². The van der Waals surface area contributed by atoms with Gasteiger partial charge in [0.2, 0.25) is 0 Å². The summed E-state index contributed by atoms with van der Waals surface area (Å²) in [6.07, 6.45) is 10.6. The number of nitrogens with zero attached hydrogens (tertiary/aromatic N) is 1. The van der Waals surface area contributed by atoms with Crippen LogP contribution in [0.1, 0.15) is 72.1 Å². The Kier molecular flexibility index (Phi) is 7.25. The van der Waals surface area contributed by atoms with Gasteiger partial charge in [-0.25, -0.2) is 0 Å². The van der Waals surface area contributed by atoms with Crippen molar-refractivity contribution in [2.45, 2.75) is 77.7 Å². The van der Waals surface area contributed by atoms with Gasteiger partial charge >= 0.3 is 0 Å². The average molecular weight is 254 g/mol. The third kappa shape index (κ3) is 3.96. The van der Waals surface area contributed by atoms with Gasteiger partial charge in [-0.05, 0) is 57.5 Å². The highest BCUT2D eigenvalue weighted by Crippen LogP contribution is 2.37. The van der Waals surface area contributed by atoms with Gasteiger partial charge < -0.3 is 5.73 Å². The first-order valence-corrected chi connectivity index (χ1v) is 8.17. The van der Waals surface area contributed by atoms with Crippen LogP contribution in [0.3, 0.4) is 0 Å². The van der Waals surface area contributed by atoms with Gasteiger partial charge in [0.05, 0.1) is 0 Å². The normalized spacial score (nSPS) is 28.8. The summed E-state index contributed by atoms with van der Waals surface area (Å²) in [6, 6.07) is 0. The summed E-state index contributed by atoms with van der Waals surface area (Å²) in [6.45, 7) is 10.2. The van der Waals surface area contributed by atoms with E-state index >= 15 is 0 Å². The van der Waals surface area contributed by atoms with Crippen molar-refractivity contribution in [1.29, 1.82) is 0 Å². The smallest absolute Gasteiger partial charge is 0.0331 e. The molecule has 0 heterocycles. The van der Waals surface area contributed by atoms with Gasteiger partial charge in [0.1, 0.15) is 0 Å². The Bertz CT molecular complexity index is 207. The molecule has 0 aromatic rings. The lowest BCUT2D eigenvalue weighted by Gasteiger charge is -2.48. The van der Waals surface area contributed by atoms with E-state index in [4.69, 9.17) is 5.73 Å². The highest BCUT2D eigenvalue weighted by molar-refractivity contribution is 4.95. The molecule has 0 amide bonds. The molecule has 0 unspecified atom stereocenters. The zero-order chi connectivity index (χ0) is 13.4. The van der Waals surface area contributed by atoms with E-state index in [1.165, 1.54) is 64.5 Å². The summed E-state index contributed by atoms with van der Waals surface area (Å²) in [7, 11) is 0. The van der Waals surface area contributed by atoms with Crippen LogP contribution in [0.15, 0.2) is 0 Å². The Morgan fingerprint density at radius 3 is 2.17 bits per heavy atom. The second kappa shape index (κ2) is 8.16. The minimum Gasteiger partial charge on any atom is -0.329 e. The molecule has 2 nitrogen and oxygen atoms in total. The van der Waals surface area contributed by atoms with Crippen molar-refractivity contribution in [2.75, 3.05) is 19.6 Å². The molecule has 0 radical (unpaired) electrons. The van der Waals surface area contributed by atoms with E-state index in [1.54, 1.807) is 0 Å². The Balaban J connectivity index is 2.64. The maximum atomic E-state index is 6.19. The highest BCUT2D eigenvalue weighted by atomic mass is 15.2. The number of hydrogen-bond acceptors (Lipinski definition) is 2. The molecule has 0 atom stereocenters. The molecular formula is C16H34N2. The minimum absolute atomic E-state index is 0.330. The zero-order valence-corrected chi connectivity index (χ0v) is 12.9. The maximum absolute atomic E-state index is 6.19. The summed E-state index contributed by atoms with van der Waals surface area (Å²) in [4.78, 5) is 2.72. The quantitative estimate of drug-likeness (QED) is 0.714. The van der Waals surface area contributed by atoms with Gasteiger partial charge in [-0.2, -0.15) is 0 Å². The van der Waals surface area contributed by atoms with E-state index in [2.05, 4.69) is 25.7 Å². The van der Waals surface area contributed by atoms with Crippen molar-refractivity contribution in [3.8, 4) is 0 Å². The van der Waals surface area contributed by atoms with E-state index in [9.17, 15) is 0 Å². The van der Waals surface area contributed by atoms with Crippen LogP contribution in [0, 0.1) is 5.92 Å². The first-order chi connectivity index (χ1) is 8.72. The topological polar surface area (TPSA) is 29.3 Å². The standard InChI is InChI=1S/C16H34N2/c1-4-7-13-18(12-5-2)16(14-17)10-8-15(6-3)9-11-16/h15H,4-14,17H2,1-3H3. The zero-order valence-electron chi connectivity index (χ0n) is 12.9. The summed E-state index contributed by atoms with van der Waals surface area (Å²) < 4.78 is 0. The van der Waals surface area contributed by atoms with E-state index in [0.717, 1.165) is 12.5 Å². The van der Waals surface area contributed by atoms with Crippen LogP contribution in [0.5, 0.6) is 0 Å². The van der Waals surface area contributed by atoms with Crippen molar-refractivity contribution in [3.05, 3.63) is 0 Å².